The number of halogens is 3. The minimum atomic E-state index is -3.82. The fourth-order valence-corrected chi connectivity index (χ4v) is 6.84. The molecule has 0 saturated heterocycles. The van der Waals surface area contributed by atoms with Crippen molar-refractivity contribution >= 4 is 67.5 Å². The smallest absolute Gasteiger partial charge is 0.224 e. The van der Waals surface area contributed by atoms with E-state index in [-0.39, 0.29) is 15.5 Å². The first-order valence-corrected chi connectivity index (χ1v) is 15.2. The summed E-state index contributed by atoms with van der Waals surface area (Å²) in [6.45, 7) is 2.21. The molecule has 0 spiro atoms. The van der Waals surface area contributed by atoms with Crippen LogP contribution in [0.2, 0.25) is 0 Å². The van der Waals surface area contributed by atoms with E-state index in [9.17, 15) is 16.8 Å². The Morgan fingerprint density at radius 1 is 0.750 bits per heavy atom. The highest BCUT2D eigenvalue weighted by atomic mass is 80.0. The van der Waals surface area contributed by atoms with Crippen LogP contribution in [0.25, 0.3) is 0 Å². The van der Waals surface area contributed by atoms with Crippen LogP contribution in [0.1, 0.15) is 71.1 Å². The molecule has 0 atom stereocenters. The minimum absolute atomic E-state index is 0.0368. The van der Waals surface area contributed by atoms with Crippen molar-refractivity contribution in [1.29, 1.82) is 0 Å². The highest BCUT2D eigenvalue weighted by Gasteiger charge is 2.37. The van der Waals surface area contributed by atoms with Gasteiger partial charge in [0.15, 0.2) is 9.84 Å². The van der Waals surface area contributed by atoms with E-state index in [1.54, 1.807) is 0 Å². The van der Waals surface area contributed by atoms with E-state index >= 15 is 0 Å². The number of rotatable bonds is 13. The van der Waals surface area contributed by atoms with Gasteiger partial charge >= 0.3 is 0 Å². The lowest BCUT2D eigenvalue weighted by Gasteiger charge is -2.14. The van der Waals surface area contributed by atoms with Crippen LogP contribution in [0.3, 0.4) is 0 Å². The summed E-state index contributed by atoms with van der Waals surface area (Å²) in [5, 5.41) is 0. The van der Waals surface area contributed by atoms with E-state index in [2.05, 4.69) is 54.7 Å². The van der Waals surface area contributed by atoms with Crippen LogP contribution in [-0.2, 0) is 19.7 Å². The van der Waals surface area contributed by atoms with Crippen molar-refractivity contribution in [1.82, 2.24) is 0 Å². The largest absolute Gasteiger partial charge is 0.239 e. The Morgan fingerprint density at radius 3 is 1.71 bits per heavy atom. The van der Waals surface area contributed by atoms with Crippen molar-refractivity contribution in [3.8, 4) is 0 Å². The Balaban J connectivity index is 2.51. The average Bonchev–Trinajstić information content (AvgIpc) is 2.62. The Kier molecular flexibility index (Phi) is 11.8. The molecule has 0 aliphatic heterocycles. The number of alkyl halides is 3. The van der Waals surface area contributed by atoms with Gasteiger partial charge in [-0.05, 0) is 72.4 Å². The predicted octanol–water partition coefficient (Wildman–Crippen LogP) is 6.95. The third kappa shape index (κ3) is 8.74. The SMILES string of the molecule is CCCCCCCCCCCCS(=O)(=O)c1cccc(S(=O)(=O)C(Br)(Br)Br)c1. The fraction of sp³-hybridized carbons (Fsp3) is 0.684. The van der Waals surface area contributed by atoms with Crippen LogP contribution < -0.4 is 0 Å². The van der Waals surface area contributed by atoms with Crippen molar-refractivity contribution < 1.29 is 16.8 Å². The van der Waals surface area contributed by atoms with Crippen molar-refractivity contribution in [2.45, 2.75) is 82.4 Å². The average molecular weight is 625 g/mol. The number of sulfone groups is 2. The molecule has 0 bridgehead atoms. The Hall–Kier alpha value is 0.560. The second kappa shape index (κ2) is 12.4. The van der Waals surface area contributed by atoms with Crippen LogP contribution in [0.15, 0.2) is 34.1 Å². The fourth-order valence-electron chi connectivity index (χ4n) is 2.87. The highest BCUT2D eigenvalue weighted by molar-refractivity contribution is 9.42. The Morgan fingerprint density at radius 2 is 1.21 bits per heavy atom. The van der Waals surface area contributed by atoms with Crippen molar-refractivity contribution in [3.05, 3.63) is 24.3 Å². The van der Waals surface area contributed by atoms with Crippen molar-refractivity contribution in [2.75, 3.05) is 5.75 Å². The summed E-state index contributed by atoms with van der Waals surface area (Å²) in [5.74, 6) is 0.0368. The second-order valence-electron chi connectivity index (χ2n) is 6.92. The number of hydrogen-bond acceptors (Lipinski definition) is 4. The van der Waals surface area contributed by atoms with Crippen LogP contribution in [-0.4, -0.2) is 24.1 Å². The zero-order valence-corrected chi connectivity index (χ0v) is 22.6. The number of benzene rings is 1. The third-order valence-electron chi connectivity index (χ3n) is 4.55. The standard InChI is InChI=1S/C19H29Br3O4S2/c1-2-3-4-5-6-7-8-9-10-11-15-27(23,24)17-13-12-14-18(16-17)28(25,26)19(20,21)22/h12-14,16H,2-11,15H2,1H3. The molecule has 162 valence electrons. The zero-order chi connectivity index (χ0) is 21.3. The van der Waals surface area contributed by atoms with Gasteiger partial charge in [0.05, 0.1) is 15.5 Å². The lowest BCUT2D eigenvalue weighted by Crippen LogP contribution is -2.18. The molecular formula is C19H29Br3O4S2. The Bertz CT molecular complexity index is 801. The van der Waals surface area contributed by atoms with E-state index in [0.717, 1.165) is 19.3 Å². The predicted molar refractivity (Wildman–Crippen MR) is 127 cm³/mol. The van der Waals surface area contributed by atoms with Crippen LogP contribution in [0.4, 0.5) is 0 Å². The van der Waals surface area contributed by atoms with Gasteiger partial charge in [0.25, 0.3) is 0 Å². The Labute approximate surface area is 195 Å². The van der Waals surface area contributed by atoms with Gasteiger partial charge in [-0.2, -0.15) is 0 Å². The molecule has 1 rings (SSSR count). The van der Waals surface area contributed by atoms with Gasteiger partial charge in [-0.25, -0.2) is 16.8 Å². The lowest BCUT2D eigenvalue weighted by molar-refractivity contribution is 0.558. The molecule has 0 unspecified atom stereocenters. The van der Waals surface area contributed by atoms with Crippen LogP contribution >= 0.6 is 47.8 Å². The number of hydrogen-bond donors (Lipinski definition) is 0. The molecule has 0 aromatic heterocycles. The van der Waals surface area contributed by atoms with Gasteiger partial charge in [-0.1, -0.05) is 70.8 Å². The monoisotopic (exact) mass is 622 g/mol. The first kappa shape index (κ1) is 26.6. The summed E-state index contributed by atoms with van der Waals surface area (Å²) < 4.78 is 48.5. The molecule has 4 nitrogen and oxygen atoms in total. The van der Waals surface area contributed by atoms with Gasteiger partial charge in [0.2, 0.25) is 11.3 Å². The summed E-state index contributed by atoms with van der Waals surface area (Å²) >= 11 is 8.99. The van der Waals surface area contributed by atoms with Gasteiger partial charge in [0.1, 0.15) is 0 Å². The van der Waals surface area contributed by atoms with Crippen LogP contribution in [0, 0.1) is 0 Å². The lowest BCUT2D eigenvalue weighted by atomic mass is 10.1. The van der Waals surface area contributed by atoms with E-state index < -0.39 is 21.1 Å². The summed E-state index contributed by atoms with van der Waals surface area (Å²) in [7, 11) is -7.32. The van der Waals surface area contributed by atoms with Gasteiger partial charge in [-0.3, -0.25) is 0 Å². The van der Waals surface area contributed by atoms with Crippen LogP contribution in [0.5, 0.6) is 0 Å². The molecule has 0 radical (unpaired) electrons. The second-order valence-corrected chi connectivity index (χ2v) is 19.5. The van der Waals surface area contributed by atoms with E-state index in [1.807, 2.05) is 0 Å². The summed E-state index contributed by atoms with van der Waals surface area (Å²) in [6, 6.07) is 5.51. The summed E-state index contributed by atoms with van der Waals surface area (Å²) in [6.07, 6.45) is 11.3. The summed E-state index contributed by atoms with van der Waals surface area (Å²) in [5.41, 5.74) is 0. The molecule has 1 aromatic carbocycles. The molecule has 0 fully saturated rings. The van der Waals surface area contributed by atoms with Gasteiger partial charge < -0.3 is 0 Å². The number of unbranched alkanes of at least 4 members (excludes halogenated alkanes) is 9. The molecule has 9 heteroatoms. The van der Waals surface area contributed by atoms with Gasteiger partial charge in [0, 0.05) is 0 Å². The van der Waals surface area contributed by atoms with E-state index in [4.69, 9.17) is 0 Å². The van der Waals surface area contributed by atoms with E-state index in [1.165, 1.54) is 62.8 Å². The van der Waals surface area contributed by atoms with Crippen molar-refractivity contribution in [3.63, 3.8) is 0 Å². The maximum Gasteiger partial charge on any atom is 0.239 e. The maximum atomic E-state index is 12.6. The maximum absolute atomic E-state index is 12.6. The highest BCUT2D eigenvalue weighted by Crippen LogP contribution is 2.43. The first-order valence-electron chi connectivity index (χ1n) is 9.66. The molecule has 1 aromatic rings. The van der Waals surface area contributed by atoms with E-state index in [0.29, 0.717) is 6.42 Å². The normalized spacial score (nSPS) is 13.0. The molecule has 0 amide bonds. The molecule has 0 heterocycles. The zero-order valence-electron chi connectivity index (χ0n) is 16.2. The topological polar surface area (TPSA) is 68.3 Å². The summed E-state index contributed by atoms with van der Waals surface area (Å²) in [4.78, 5) is -0.0245. The molecule has 0 N–H and O–H groups in total. The molecular weight excluding hydrogens is 596 g/mol. The van der Waals surface area contributed by atoms with Crippen molar-refractivity contribution in [2.24, 2.45) is 0 Å². The first-order chi connectivity index (χ1) is 13.0. The molecule has 28 heavy (non-hydrogen) atoms. The quantitative estimate of drug-likeness (QED) is 0.176. The third-order valence-corrected chi connectivity index (χ3v) is 11.7. The minimum Gasteiger partial charge on any atom is -0.224 e. The molecule has 0 aliphatic carbocycles. The molecule has 0 saturated carbocycles. The molecule has 0 aliphatic rings. The van der Waals surface area contributed by atoms with Gasteiger partial charge in [-0.15, -0.1) is 0 Å².